The van der Waals surface area contributed by atoms with Gasteiger partial charge in [0.2, 0.25) is 5.91 Å². The summed E-state index contributed by atoms with van der Waals surface area (Å²) in [6.07, 6.45) is 88.4. The van der Waals surface area contributed by atoms with Crippen molar-refractivity contribution in [3.8, 4) is 0 Å². The standard InChI is InChI=1S/C62H101NO3/c1-3-5-7-9-11-13-15-17-19-21-22-23-24-25-26-27-28-29-30-31-32-33-34-35-36-37-38-39-40-42-44-46-48-50-52-54-56-58-62(66)63-60(59-64)61(65)57-55-53-51-49-47-45-43-41-20-18-16-14-12-10-8-6-4-2/h5,7,11,13,17,19-20,22-23,25-26,28-29,31-32,34-35,37-38,41,47,49,55,57,60-61,64-65H,3-4,6,8-10,12,14-16,18,21,24,27,30,33,36,39-40,42-46,48,50-54,56,58-59H2,1-2H3,(H,63,66)/b7-5-,13-11-,19-17-,23-22-,26-25-,29-28-,32-31-,35-34-,38-37-,41-20+,49-47+,57-55+. The zero-order chi connectivity index (χ0) is 47.7. The van der Waals surface area contributed by atoms with Crippen molar-refractivity contribution in [2.45, 2.75) is 231 Å². The minimum Gasteiger partial charge on any atom is -0.394 e. The molecule has 2 unspecified atom stereocenters. The molecule has 0 aliphatic heterocycles. The Morgan fingerprint density at radius 1 is 0.379 bits per heavy atom. The van der Waals surface area contributed by atoms with Crippen LogP contribution in [0.4, 0.5) is 0 Å². The second kappa shape index (κ2) is 55.6. The van der Waals surface area contributed by atoms with Gasteiger partial charge in [-0.2, -0.15) is 0 Å². The van der Waals surface area contributed by atoms with E-state index in [1.54, 1.807) is 6.08 Å². The Balaban J connectivity index is 3.67. The van der Waals surface area contributed by atoms with Crippen LogP contribution in [-0.2, 0) is 4.79 Å². The second-order valence-electron chi connectivity index (χ2n) is 17.5. The SMILES string of the molecule is CC/C=C\C/C=C\C/C=C\C/C=C\C/C=C\C/C=C\C/C=C\C/C=C\C/C=C\CCCCCCCCCCCC(=O)NC(CO)C(O)/C=C/CC/C=C/CC/C=C/CCCCCCCCC. The molecule has 0 bridgehead atoms. The number of aliphatic hydroxyl groups excluding tert-OH is 2. The van der Waals surface area contributed by atoms with E-state index in [0.29, 0.717) is 6.42 Å². The maximum atomic E-state index is 12.4. The molecular formula is C62H101NO3. The van der Waals surface area contributed by atoms with Gasteiger partial charge in [0.1, 0.15) is 0 Å². The van der Waals surface area contributed by atoms with Gasteiger partial charge in [-0.25, -0.2) is 0 Å². The molecular weight excluding hydrogens is 807 g/mol. The van der Waals surface area contributed by atoms with Gasteiger partial charge in [-0.1, -0.05) is 243 Å². The molecule has 372 valence electrons. The highest BCUT2D eigenvalue weighted by molar-refractivity contribution is 5.76. The highest BCUT2D eigenvalue weighted by Gasteiger charge is 2.17. The highest BCUT2D eigenvalue weighted by Crippen LogP contribution is 2.13. The topological polar surface area (TPSA) is 69.6 Å². The predicted molar refractivity (Wildman–Crippen MR) is 294 cm³/mol. The Morgan fingerprint density at radius 3 is 1.06 bits per heavy atom. The molecule has 0 saturated heterocycles. The first kappa shape index (κ1) is 62.3. The summed E-state index contributed by atoms with van der Waals surface area (Å²) < 4.78 is 0. The fourth-order valence-electron chi connectivity index (χ4n) is 7.20. The minimum atomic E-state index is -0.883. The molecule has 1 amide bonds. The van der Waals surface area contributed by atoms with E-state index in [1.807, 2.05) is 6.08 Å². The van der Waals surface area contributed by atoms with Crippen LogP contribution >= 0.6 is 0 Å². The quantitative estimate of drug-likeness (QED) is 0.0421. The molecule has 0 radical (unpaired) electrons. The summed E-state index contributed by atoms with van der Waals surface area (Å²) >= 11 is 0. The molecule has 3 N–H and O–H groups in total. The number of carbonyl (C=O) groups is 1. The van der Waals surface area contributed by atoms with Crippen LogP contribution in [0.25, 0.3) is 0 Å². The van der Waals surface area contributed by atoms with E-state index in [4.69, 9.17) is 0 Å². The number of unbranched alkanes of at least 4 members (excludes halogenated alkanes) is 18. The van der Waals surface area contributed by atoms with Gasteiger partial charge in [0.05, 0.1) is 18.8 Å². The molecule has 0 aliphatic rings. The lowest BCUT2D eigenvalue weighted by molar-refractivity contribution is -0.123. The van der Waals surface area contributed by atoms with Crippen LogP contribution in [0.2, 0.25) is 0 Å². The van der Waals surface area contributed by atoms with Crippen molar-refractivity contribution in [1.29, 1.82) is 0 Å². The van der Waals surface area contributed by atoms with Crippen LogP contribution in [-0.4, -0.2) is 34.9 Å². The van der Waals surface area contributed by atoms with E-state index in [0.717, 1.165) is 103 Å². The molecule has 0 fully saturated rings. The van der Waals surface area contributed by atoms with E-state index in [2.05, 4.69) is 153 Å². The lowest BCUT2D eigenvalue weighted by atomic mass is 10.1. The fourth-order valence-corrected chi connectivity index (χ4v) is 7.20. The average Bonchev–Trinajstić information content (AvgIpc) is 3.32. The number of amides is 1. The first-order valence-electron chi connectivity index (χ1n) is 27.0. The van der Waals surface area contributed by atoms with Gasteiger partial charge in [-0.05, 0) is 116 Å². The second-order valence-corrected chi connectivity index (χ2v) is 17.5. The van der Waals surface area contributed by atoms with Crippen LogP contribution in [0.1, 0.15) is 219 Å². The van der Waals surface area contributed by atoms with E-state index in [-0.39, 0.29) is 12.5 Å². The molecule has 4 nitrogen and oxygen atoms in total. The third kappa shape index (κ3) is 51.3. The highest BCUT2D eigenvalue weighted by atomic mass is 16.3. The first-order valence-corrected chi connectivity index (χ1v) is 27.0. The molecule has 0 spiro atoms. The summed E-state index contributed by atoms with van der Waals surface area (Å²) in [5.41, 5.74) is 0. The summed E-state index contributed by atoms with van der Waals surface area (Å²) in [5.74, 6) is -0.0912. The maximum Gasteiger partial charge on any atom is 0.220 e. The Hall–Kier alpha value is -3.73. The molecule has 0 aromatic heterocycles. The molecule has 0 saturated carbocycles. The number of nitrogens with one attached hydrogen (secondary N) is 1. The van der Waals surface area contributed by atoms with E-state index in [1.165, 1.54) is 96.3 Å². The normalized spacial score (nSPS) is 14.1. The first-order chi connectivity index (χ1) is 32.7. The average molecular weight is 908 g/mol. The molecule has 0 rings (SSSR count). The van der Waals surface area contributed by atoms with Crippen molar-refractivity contribution in [1.82, 2.24) is 5.32 Å². The third-order valence-electron chi connectivity index (χ3n) is 11.3. The lowest BCUT2D eigenvalue weighted by Gasteiger charge is -2.19. The lowest BCUT2D eigenvalue weighted by Crippen LogP contribution is -2.45. The number of allylic oxidation sites excluding steroid dienone is 23. The van der Waals surface area contributed by atoms with Gasteiger partial charge in [-0.3, -0.25) is 4.79 Å². The smallest absolute Gasteiger partial charge is 0.220 e. The zero-order valence-electron chi connectivity index (χ0n) is 42.6. The summed E-state index contributed by atoms with van der Waals surface area (Å²) in [7, 11) is 0. The molecule has 0 aromatic rings. The minimum absolute atomic E-state index is 0.0912. The summed E-state index contributed by atoms with van der Waals surface area (Å²) in [6, 6.07) is -0.659. The number of rotatable bonds is 47. The summed E-state index contributed by atoms with van der Waals surface area (Å²) in [5, 5.41) is 23.1. The van der Waals surface area contributed by atoms with Crippen LogP contribution in [0.15, 0.2) is 146 Å². The van der Waals surface area contributed by atoms with Crippen molar-refractivity contribution >= 4 is 5.91 Å². The van der Waals surface area contributed by atoms with E-state index < -0.39 is 12.1 Å². The Bertz CT molecular complexity index is 1400. The van der Waals surface area contributed by atoms with Gasteiger partial charge in [0, 0.05) is 6.42 Å². The molecule has 0 aliphatic carbocycles. The predicted octanol–water partition coefficient (Wildman–Crippen LogP) is 18.0. The Morgan fingerprint density at radius 2 is 0.682 bits per heavy atom. The van der Waals surface area contributed by atoms with Gasteiger partial charge in [0.25, 0.3) is 0 Å². The summed E-state index contributed by atoms with van der Waals surface area (Å²) in [6.45, 7) is 4.16. The van der Waals surface area contributed by atoms with Gasteiger partial charge in [0.15, 0.2) is 0 Å². The van der Waals surface area contributed by atoms with Crippen LogP contribution in [0.5, 0.6) is 0 Å². The molecule has 0 heterocycles. The zero-order valence-corrected chi connectivity index (χ0v) is 42.6. The van der Waals surface area contributed by atoms with Gasteiger partial charge >= 0.3 is 0 Å². The van der Waals surface area contributed by atoms with Crippen LogP contribution < -0.4 is 5.32 Å². The van der Waals surface area contributed by atoms with Gasteiger partial charge < -0.3 is 15.5 Å². The van der Waals surface area contributed by atoms with Crippen molar-refractivity contribution in [2.75, 3.05) is 6.61 Å². The summed E-state index contributed by atoms with van der Waals surface area (Å²) in [4.78, 5) is 12.4. The van der Waals surface area contributed by atoms with Crippen LogP contribution in [0.3, 0.4) is 0 Å². The fraction of sp³-hybridized carbons (Fsp3) is 0.597. The largest absolute Gasteiger partial charge is 0.394 e. The van der Waals surface area contributed by atoms with Crippen molar-refractivity contribution in [3.63, 3.8) is 0 Å². The van der Waals surface area contributed by atoms with Crippen molar-refractivity contribution < 1.29 is 15.0 Å². The monoisotopic (exact) mass is 908 g/mol. The van der Waals surface area contributed by atoms with Crippen LogP contribution in [0, 0.1) is 0 Å². The number of hydrogen-bond acceptors (Lipinski definition) is 3. The molecule has 2 atom stereocenters. The molecule has 4 heteroatoms. The molecule has 66 heavy (non-hydrogen) atoms. The van der Waals surface area contributed by atoms with Crippen molar-refractivity contribution in [2.24, 2.45) is 0 Å². The third-order valence-corrected chi connectivity index (χ3v) is 11.3. The van der Waals surface area contributed by atoms with Gasteiger partial charge in [-0.15, -0.1) is 0 Å². The number of aliphatic hydroxyl groups is 2. The number of hydrogen-bond donors (Lipinski definition) is 3. The Kier molecular flexibility index (Phi) is 52.5. The van der Waals surface area contributed by atoms with E-state index >= 15 is 0 Å². The Labute approximate surface area is 408 Å². The number of carbonyl (C=O) groups excluding carboxylic acids is 1. The van der Waals surface area contributed by atoms with Crippen molar-refractivity contribution in [3.05, 3.63) is 146 Å². The maximum absolute atomic E-state index is 12.4. The van der Waals surface area contributed by atoms with E-state index in [9.17, 15) is 15.0 Å². The molecule has 0 aromatic carbocycles.